The number of amides is 1. The number of methoxy groups -OCH3 is 1. The second kappa shape index (κ2) is 7.94. The van der Waals surface area contributed by atoms with Gasteiger partial charge < -0.3 is 4.74 Å². The van der Waals surface area contributed by atoms with Crippen molar-refractivity contribution in [3.05, 3.63) is 24.3 Å². The zero-order valence-electron chi connectivity index (χ0n) is 14.9. The van der Waals surface area contributed by atoms with Crippen molar-refractivity contribution in [1.82, 2.24) is 9.96 Å². The van der Waals surface area contributed by atoms with Gasteiger partial charge in [0.25, 0.3) is 0 Å². The van der Waals surface area contributed by atoms with E-state index in [0.29, 0.717) is 12.8 Å². The Morgan fingerprint density at radius 1 is 1.42 bits per heavy atom. The number of hydrogen-bond donors (Lipinski definition) is 0. The van der Waals surface area contributed by atoms with Crippen LogP contribution in [-0.2, 0) is 19.2 Å². The van der Waals surface area contributed by atoms with Gasteiger partial charge in [0.05, 0.1) is 25.2 Å². The first-order valence-electron chi connectivity index (χ1n) is 8.47. The Bertz CT molecular complexity index is 521. The third-order valence-electron chi connectivity index (χ3n) is 5.15. The Hall–Kier alpha value is -1.66. The number of esters is 1. The molecule has 0 aliphatic carbocycles. The zero-order chi connectivity index (χ0) is 17.7. The lowest BCUT2D eigenvalue weighted by molar-refractivity contribution is -0.217. The zero-order valence-corrected chi connectivity index (χ0v) is 14.9. The molecule has 2 aliphatic rings. The van der Waals surface area contributed by atoms with E-state index in [1.54, 1.807) is 6.08 Å². The average molecular weight is 336 g/mol. The van der Waals surface area contributed by atoms with E-state index in [-0.39, 0.29) is 24.9 Å². The van der Waals surface area contributed by atoms with Gasteiger partial charge in [0.2, 0.25) is 5.91 Å². The summed E-state index contributed by atoms with van der Waals surface area (Å²) in [6.45, 7) is 10.6. The molecule has 2 aliphatic heterocycles. The lowest BCUT2D eigenvalue weighted by atomic mass is 9.77. The van der Waals surface area contributed by atoms with Crippen LogP contribution >= 0.6 is 0 Å². The van der Waals surface area contributed by atoms with Crippen LogP contribution in [0.25, 0.3) is 0 Å². The van der Waals surface area contributed by atoms with Gasteiger partial charge in [-0.1, -0.05) is 17.7 Å². The molecule has 2 saturated heterocycles. The highest BCUT2D eigenvalue weighted by Gasteiger charge is 2.58. The SMILES string of the molecule is C=CCON1C(=O)CC(C(=O)OC)C12CCN(C/C(C)=C/C)CC2. The first-order valence-corrected chi connectivity index (χ1v) is 8.47. The topological polar surface area (TPSA) is 59.1 Å². The summed E-state index contributed by atoms with van der Waals surface area (Å²) in [6, 6.07) is 0. The predicted octanol–water partition coefficient (Wildman–Crippen LogP) is 1.93. The molecule has 1 spiro atoms. The molecule has 0 N–H and O–H groups in total. The molecule has 134 valence electrons. The van der Waals surface area contributed by atoms with Crippen LogP contribution in [-0.4, -0.2) is 60.7 Å². The Balaban J connectivity index is 2.19. The highest BCUT2D eigenvalue weighted by Crippen LogP contribution is 2.44. The summed E-state index contributed by atoms with van der Waals surface area (Å²) in [5, 5.41) is 1.44. The summed E-state index contributed by atoms with van der Waals surface area (Å²) in [7, 11) is 1.37. The van der Waals surface area contributed by atoms with Gasteiger partial charge in [0.1, 0.15) is 0 Å². The first kappa shape index (κ1) is 18.7. The van der Waals surface area contributed by atoms with Gasteiger partial charge in [-0.3, -0.25) is 19.3 Å². The Morgan fingerprint density at radius 3 is 2.62 bits per heavy atom. The highest BCUT2D eigenvalue weighted by molar-refractivity contribution is 5.88. The monoisotopic (exact) mass is 336 g/mol. The van der Waals surface area contributed by atoms with Crippen molar-refractivity contribution in [2.75, 3.05) is 33.4 Å². The first-order chi connectivity index (χ1) is 11.5. The minimum absolute atomic E-state index is 0.148. The third-order valence-corrected chi connectivity index (χ3v) is 5.15. The van der Waals surface area contributed by atoms with Gasteiger partial charge in [-0.25, -0.2) is 5.06 Å². The van der Waals surface area contributed by atoms with Crippen molar-refractivity contribution in [1.29, 1.82) is 0 Å². The van der Waals surface area contributed by atoms with E-state index >= 15 is 0 Å². The summed E-state index contributed by atoms with van der Waals surface area (Å²) in [6.07, 6.45) is 5.27. The summed E-state index contributed by atoms with van der Waals surface area (Å²) in [5.41, 5.74) is 0.714. The van der Waals surface area contributed by atoms with Crippen molar-refractivity contribution in [3.8, 4) is 0 Å². The van der Waals surface area contributed by atoms with Crippen molar-refractivity contribution < 1.29 is 19.2 Å². The second-order valence-electron chi connectivity index (χ2n) is 6.57. The predicted molar refractivity (Wildman–Crippen MR) is 91.0 cm³/mol. The maximum atomic E-state index is 12.4. The Morgan fingerprint density at radius 2 is 2.08 bits per heavy atom. The minimum Gasteiger partial charge on any atom is -0.469 e. The maximum absolute atomic E-state index is 12.4. The van der Waals surface area contributed by atoms with E-state index in [0.717, 1.165) is 19.6 Å². The summed E-state index contributed by atoms with van der Waals surface area (Å²) >= 11 is 0. The number of likely N-dealkylation sites (tertiary alicyclic amines) is 1. The quantitative estimate of drug-likeness (QED) is 0.548. The number of hydroxylamine groups is 2. The molecule has 0 aromatic rings. The molecule has 1 atom stereocenters. The molecule has 6 nitrogen and oxygen atoms in total. The van der Waals surface area contributed by atoms with Gasteiger partial charge in [-0.15, -0.1) is 6.58 Å². The molecular formula is C18H28N2O4. The number of allylic oxidation sites excluding steroid dienone is 1. The van der Waals surface area contributed by atoms with Crippen LogP contribution < -0.4 is 0 Å². The van der Waals surface area contributed by atoms with Crippen LogP contribution in [0, 0.1) is 5.92 Å². The van der Waals surface area contributed by atoms with Crippen LogP contribution in [0.4, 0.5) is 0 Å². The molecule has 2 heterocycles. The van der Waals surface area contributed by atoms with Crippen molar-refractivity contribution in [3.63, 3.8) is 0 Å². The molecule has 2 fully saturated rings. The lowest BCUT2D eigenvalue weighted by Crippen LogP contribution is -2.57. The smallest absolute Gasteiger partial charge is 0.311 e. The number of carbonyl (C=O) groups is 2. The van der Waals surface area contributed by atoms with Crippen LogP contribution in [0.15, 0.2) is 24.3 Å². The Kier molecular flexibility index (Phi) is 6.18. The molecule has 0 saturated carbocycles. The largest absolute Gasteiger partial charge is 0.469 e. The van der Waals surface area contributed by atoms with Gasteiger partial charge in [0, 0.05) is 26.1 Å². The van der Waals surface area contributed by atoms with Crippen LogP contribution in [0.5, 0.6) is 0 Å². The highest BCUT2D eigenvalue weighted by atomic mass is 16.7. The standard InChI is InChI=1S/C18H28N2O4/c1-5-11-24-20-16(21)12-15(17(22)23-4)18(20)7-9-19(10-8-18)13-14(3)6-2/h5-6,15H,1,7-13H2,2-4H3/b14-6+. The fourth-order valence-electron chi connectivity index (χ4n) is 3.70. The van der Waals surface area contributed by atoms with E-state index in [1.165, 1.54) is 17.7 Å². The van der Waals surface area contributed by atoms with Crippen LogP contribution in [0.3, 0.4) is 0 Å². The molecular weight excluding hydrogens is 308 g/mol. The fourth-order valence-corrected chi connectivity index (χ4v) is 3.70. The van der Waals surface area contributed by atoms with Gasteiger partial charge >= 0.3 is 5.97 Å². The van der Waals surface area contributed by atoms with Crippen LogP contribution in [0.1, 0.15) is 33.1 Å². The molecule has 0 radical (unpaired) electrons. The number of nitrogens with zero attached hydrogens (tertiary/aromatic N) is 2. The maximum Gasteiger partial charge on any atom is 0.311 e. The van der Waals surface area contributed by atoms with E-state index in [9.17, 15) is 9.59 Å². The van der Waals surface area contributed by atoms with Crippen molar-refractivity contribution in [2.24, 2.45) is 5.92 Å². The molecule has 0 aromatic heterocycles. The third kappa shape index (κ3) is 3.54. The fraction of sp³-hybridized carbons (Fsp3) is 0.667. The number of hydrogen-bond acceptors (Lipinski definition) is 5. The van der Waals surface area contributed by atoms with Crippen molar-refractivity contribution in [2.45, 2.75) is 38.6 Å². The average Bonchev–Trinajstić information content (AvgIpc) is 2.86. The lowest BCUT2D eigenvalue weighted by Gasteiger charge is -2.45. The number of ether oxygens (including phenoxy) is 1. The number of rotatable bonds is 6. The van der Waals surface area contributed by atoms with E-state index in [4.69, 9.17) is 9.57 Å². The van der Waals surface area contributed by atoms with Gasteiger partial charge in [-0.05, 0) is 26.7 Å². The van der Waals surface area contributed by atoms with E-state index in [2.05, 4.69) is 24.5 Å². The molecule has 0 aromatic carbocycles. The summed E-state index contributed by atoms with van der Waals surface area (Å²) in [4.78, 5) is 32.7. The summed E-state index contributed by atoms with van der Waals surface area (Å²) in [5.74, 6) is -0.943. The second-order valence-corrected chi connectivity index (χ2v) is 6.57. The molecule has 1 unspecified atom stereocenters. The van der Waals surface area contributed by atoms with E-state index < -0.39 is 11.5 Å². The molecule has 24 heavy (non-hydrogen) atoms. The van der Waals surface area contributed by atoms with Gasteiger partial charge in [0.15, 0.2) is 0 Å². The Labute approximate surface area is 144 Å². The van der Waals surface area contributed by atoms with E-state index in [1.807, 2.05) is 6.92 Å². The molecule has 1 amide bonds. The molecule has 2 rings (SSSR count). The van der Waals surface area contributed by atoms with Crippen molar-refractivity contribution >= 4 is 11.9 Å². The minimum atomic E-state index is -0.604. The summed E-state index contributed by atoms with van der Waals surface area (Å²) < 4.78 is 4.96. The molecule has 0 bridgehead atoms. The van der Waals surface area contributed by atoms with Gasteiger partial charge in [-0.2, -0.15) is 0 Å². The number of piperidine rings is 1. The number of carbonyl (C=O) groups excluding carboxylic acids is 2. The van der Waals surface area contributed by atoms with Crippen LogP contribution in [0.2, 0.25) is 0 Å². The molecule has 6 heteroatoms. The normalized spacial score (nSPS) is 24.5.